The molecular weight excluding hydrogens is 1030 g/mol. The average molecular weight is 1120 g/mol. The van der Waals surface area contributed by atoms with E-state index in [4.69, 9.17) is 14.3 Å². The van der Waals surface area contributed by atoms with Gasteiger partial charge in [-0.15, -0.1) is 0 Å². The minimum atomic E-state index is -1.17. The van der Waals surface area contributed by atoms with Crippen molar-refractivity contribution >= 4 is 53.2 Å². The fourth-order valence-electron chi connectivity index (χ4n) is 11.8. The molecule has 0 bridgehead atoms. The lowest BCUT2D eigenvalue weighted by Crippen LogP contribution is -2.60. The summed E-state index contributed by atoms with van der Waals surface area (Å²) in [7, 11) is 8.26. The van der Waals surface area contributed by atoms with Crippen LogP contribution < -0.4 is 16.0 Å². The Morgan fingerprint density at radius 2 is 1.51 bits per heavy atom. The van der Waals surface area contributed by atoms with Crippen LogP contribution in [0.1, 0.15) is 131 Å². The number of nitrogens with zero attached hydrogens (tertiary/aromatic N) is 6. The van der Waals surface area contributed by atoms with Crippen molar-refractivity contribution in [3.05, 3.63) is 48.0 Å². The van der Waals surface area contributed by atoms with Crippen LogP contribution in [0, 0.1) is 23.7 Å². The Hall–Kier alpha value is -5.77. The van der Waals surface area contributed by atoms with Crippen LogP contribution in [0.15, 0.2) is 42.5 Å². The molecule has 3 heterocycles. The number of carbonyl (C=O) groups is 9. The standard InChI is InChI=1S/C59H93N9O12/c1-13-40(6)53(45(78-11)36-50(73)66-31-19-24-44(66)54(79-12)41(7)55(74)62-59(58(77)68-33-17-18-35-80-68)37-43(59)42-22-15-14-16-23-42)65(10)57(76)51(38(2)3)61-56(75)52(39(4)5)64(9)30-21-26-47(70)63(8)34-29-60-46(69)25-20-32-67-48(71)27-28-49(67)72/h14-16,22-23,27-28,38-41,43-45,51-54H,13,17-21,24-26,29-37H2,1-12H3,(H,60,69)(H,61,75)(H,62,74)/t40?,41?,43-,44+,45?,51?,52?,53?,54?,59+/m1/s1. The highest BCUT2D eigenvalue weighted by Crippen LogP contribution is 2.53. The van der Waals surface area contributed by atoms with E-state index in [1.54, 1.807) is 42.8 Å². The maximum absolute atomic E-state index is 14.8. The van der Waals surface area contributed by atoms with E-state index in [9.17, 15) is 43.2 Å². The molecule has 2 saturated heterocycles. The summed E-state index contributed by atoms with van der Waals surface area (Å²) in [6, 6.07) is 7.15. The van der Waals surface area contributed by atoms with Crippen LogP contribution in [0.4, 0.5) is 0 Å². The number of rotatable bonds is 31. The molecule has 4 aliphatic rings. The Morgan fingerprint density at radius 1 is 0.825 bits per heavy atom. The van der Waals surface area contributed by atoms with Gasteiger partial charge in [0.15, 0.2) is 0 Å². The van der Waals surface area contributed by atoms with Gasteiger partial charge < -0.3 is 40.1 Å². The van der Waals surface area contributed by atoms with Gasteiger partial charge in [-0.05, 0) is 81.9 Å². The highest BCUT2D eigenvalue weighted by molar-refractivity contribution is 6.12. The van der Waals surface area contributed by atoms with E-state index >= 15 is 0 Å². The molecule has 446 valence electrons. The van der Waals surface area contributed by atoms with Crippen molar-refractivity contribution in [3.8, 4) is 0 Å². The number of hydrogen-bond acceptors (Lipinski definition) is 13. The second-order valence-electron chi connectivity index (χ2n) is 23.1. The molecule has 0 spiro atoms. The number of imide groups is 1. The number of methoxy groups -OCH3 is 2. The first-order valence-electron chi connectivity index (χ1n) is 29.0. The molecule has 3 aliphatic heterocycles. The largest absolute Gasteiger partial charge is 0.379 e. The van der Waals surface area contributed by atoms with Crippen LogP contribution in [0.25, 0.3) is 0 Å². The highest BCUT2D eigenvalue weighted by Gasteiger charge is 2.64. The van der Waals surface area contributed by atoms with Gasteiger partial charge >= 0.3 is 0 Å². The van der Waals surface area contributed by atoms with Crippen LogP contribution in [-0.2, 0) is 57.5 Å². The maximum atomic E-state index is 14.8. The Labute approximate surface area is 474 Å². The summed E-state index contributed by atoms with van der Waals surface area (Å²) in [5, 5.41) is 10.4. The number of carbonyl (C=O) groups excluding carboxylic acids is 9. The van der Waals surface area contributed by atoms with Crippen molar-refractivity contribution in [2.45, 2.75) is 167 Å². The molecule has 80 heavy (non-hydrogen) atoms. The molecule has 9 amide bonds. The lowest BCUT2D eigenvalue weighted by atomic mass is 9.89. The summed E-state index contributed by atoms with van der Waals surface area (Å²) in [5.74, 6) is -4.13. The van der Waals surface area contributed by atoms with E-state index in [1.807, 2.05) is 83.8 Å². The SMILES string of the molecule is CCC(C)C(C(CC(=O)N1CCC[C@H]1C(OC)C(C)C(=O)N[C@@]1(C(=O)N2CCCCO2)C[C@@H]1c1ccccc1)OC)N(C)C(=O)C(NC(=O)C(C(C)C)N(C)CCCC(=O)N(C)CCNC(=O)CCCN1C(=O)C=CC1=O)C(C)C. The van der Waals surface area contributed by atoms with E-state index in [-0.39, 0.29) is 116 Å². The fourth-order valence-corrected chi connectivity index (χ4v) is 11.8. The van der Waals surface area contributed by atoms with Gasteiger partial charge in [0.25, 0.3) is 17.7 Å². The molecule has 7 unspecified atom stereocenters. The molecule has 1 aliphatic carbocycles. The zero-order chi connectivity index (χ0) is 59.0. The number of likely N-dealkylation sites (N-methyl/N-ethyl adjacent to an activating group) is 3. The Bertz CT molecular complexity index is 2310. The van der Waals surface area contributed by atoms with Gasteiger partial charge in [-0.25, -0.2) is 5.06 Å². The molecule has 1 aromatic rings. The number of hydroxylamine groups is 2. The highest BCUT2D eigenvalue weighted by atomic mass is 16.7. The van der Waals surface area contributed by atoms with Gasteiger partial charge in [0.1, 0.15) is 11.6 Å². The number of benzene rings is 1. The topological polar surface area (TPSA) is 237 Å². The van der Waals surface area contributed by atoms with Gasteiger partial charge in [-0.3, -0.25) is 57.8 Å². The smallest absolute Gasteiger partial charge is 0.272 e. The second-order valence-corrected chi connectivity index (χ2v) is 23.1. The first kappa shape index (κ1) is 65.0. The zero-order valence-electron chi connectivity index (χ0n) is 49.7. The lowest BCUT2D eigenvalue weighted by Gasteiger charge is -2.41. The van der Waals surface area contributed by atoms with Crippen molar-refractivity contribution in [2.75, 3.05) is 81.2 Å². The van der Waals surface area contributed by atoms with Crippen LogP contribution in [-0.4, -0.2) is 206 Å². The minimum Gasteiger partial charge on any atom is -0.379 e. The van der Waals surface area contributed by atoms with Gasteiger partial charge in [-0.2, -0.15) is 0 Å². The molecule has 1 saturated carbocycles. The summed E-state index contributed by atoms with van der Waals surface area (Å²) >= 11 is 0. The van der Waals surface area contributed by atoms with Crippen molar-refractivity contribution in [3.63, 3.8) is 0 Å². The van der Waals surface area contributed by atoms with Crippen LogP contribution >= 0.6 is 0 Å². The third-order valence-corrected chi connectivity index (χ3v) is 16.8. The Kier molecular flexibility index (Phi) is 24.7. The molecule has 0 radical (unpaired) electrons. The zero-order valence-corrected chi connectivity index (χ0v) is 49.7. The average Bonchev–Trinajstić information content (AvgIpc) is 4.03. The maximum Gasteiger partial charge on any atom is 0.272 e. The van der Waals surface area contributed by atoms with Gasteiger partial charge in [0.05, 0.1) is 49.3 Å². The monoisotopic (exact) mass is 1120 g/mol. The molecule has 10 atom stereocenters. The van der Waals surface area contributed by atoms with E-state index in [0.717, 1.165) is 23.3 Å². The third kappa shape index (κ3) is 16.5. The van der Waals surface area contributed by atoms with Crippen molar-refractivity contribution in [2.24, 2.45) is 23.7 Å². The normalized spacial score (nSPS) is 21.7. The van der Waals surface area contributed by atoms with Gasteiger partial charge in [-0.1, -0.05) is 85.2 Å². The van der Waals surface area contributed by atoms with Crippen LogP contribution in [0.2, 0.25) is 0 Å². The summed E-state index contributed by atoms with van der Waals surface area (Å²) in [4.78, 5) is 135. The first-order valence-corrected chi connectivity index (χ1v) is 29.0. The van der Waals surface area contributed by atoms with E-state index in [0.29, 0.717) is 64.8 Å². The van der Waals surface area contributed by atoms with E-state index in [2.05, 4.69) is 16.0 Å². The predicted octanol–water partition coefficient (Wildman–Crippen LogP) is 3.66. The number of likely N-dealkylation sites (tertiary alicyclic amines) is 1. The van der Waals surface area contributed by atoms with Gasteiger partial charge in [0.2, 0.25) is 35.4 Å². The molecule has 21 heteroatoms. The first-order chi connectivity index (χ1) is 38.0. The van der Waals surface area contributed by atoms with Crippen LogP contribution in [0.5, 0.6) is 0 Å². The number of hydrogen-bond donors (Lipinski definition) is 3. The van der Waals surface area contributed by atoms with Gasteiger partial charge in [0, 0.05) is 92.0 Å². The van der Waals surface area contributed by atoms with Crippen molar-refractivity contribution in [1.29, 1.82) is 0 Å². The predicted molar refractivity (Wildman–Crippen MR) is 301 cm³/mol. The molecular formula is C59H93N9O12. The Balaban J connectivity index is 1.17. The number of ether oxygens (including phenoxy) is 2. The number of nitrogens with one attached hydrogen (secondary N) is 3. The summed E-state index contributed by atoms with van der Waals surface area (Å²) in [5.41, 5.74) is -0.216. The summed E-state index contributed by atoms with van der Waals surface area (Å²) < 4.78 is 12.2. The molecule has 21 nitrogen and oxygen atoms in total. The molecule has 3 fully saturated rings. The van der Waals surface area contributed by atoms with Crippen molar-refractivity contribution < 1.29 is 57.5 Å². The molecule has 1 aromatic carbocycles. The Morgan fingerprint density at radius 3 is 2.11 bits per heavy atom. The van der Waals surface area contributed by atoms with Crippen LogP contribution in [0.3, 0.4) is 0 Å². The van der Waals surface area contributed by atoms with E-state index in [1.165, 1.54) is 24.3 Å². The second kappa shape index (κ2) is 30.3. The van der Waals surface area contributed by atoms with E-state index < -0.39 is 47.8 Å². The lowest BCUT2D eigenvalue weighted by molar-refractivity contribution is -0.200. The fraction of sp³-hybridized carbons (Fsp3) is 0.712. The summed E-state index contributed by atoms with van der Waals surface area (Å²) in [6.07, 6.45) is 6.13. The van der Waals surface area contributed by atoms with Crippen molar-refractivity contribution in [1.82, 2.24) is 45.5 Å². The molecule has 5 rings (SSSR count). The summed E-state index contributed by atoms with van der Waals surface area (Å²) in [6.45, 7) is 15.9. The quantitative estimate of drug-likeness (QED) is 0.0902. The minimum absolute atomic E-state index is 0.0519. The number of amides is 9. The molecule has 0 aromatic heterocycles. The third-order valence-electron chi connectivity index (χ3n) is 16.8. The molecule has 3 N–H and O–H groups in total.